The highest BCUT2D eigenvalue weighted by Gasteiger charge is 2.21. The lowest BCUT2D eigenvalue weighted by Gasteiger charge is -1.96. The Morgan fingerprint density at radius 3 is 2.76 bits per heavy atom. The number of carbonyl (C=O) groups excluding carboxylic acids is 2. The van der Waals surface area contributed by atoms with Crippen LogP contribution in [0.3, 0.4) is 0 Å². The molecule has 2 aromatic rings. The molecule has 0 fully saturated rings. The van der Waals surface area contributed by atoms with Gasteiger partial charge in [-0.1, -0.05) is 11.6 Å². The van der Waals surface area contributed by atoms with Crippen molar-refractivity contribution in [3.05, 3.63) is 35.6 Å². The van der Waals surface area contributed by atoms with Crippen molar-refractivity contribution in [2.24, 2.45) is 0 Å². The van der Waals surface area contributed by atoms with E-state index in [1.54, 1.807) is 19.1 Å². The zero-order chi connectivity index (χ0) is 12.4. The average molecular weight is 232 g/mol. The molecule has 0 spiro atoms. The molecular weight excluding hydrogens is 220 g/mol. The number of Topliss-reactive ketones (excluding diaryl/α,β-unsaturated/α-hetero) is 1. The molecule has 0 aliphatic carbocycles. The lowest BCUT2D eigenvalue weighted by molar-refractivity contribution is -0.137. The first kappa shape index (κ1) is 11.4. The zero-order valence-corrected chi connectivity index (χ0v) is 9.65. The normalized spacial score (nSPS) is 10.5. The topological polar surface area (TPSA) is 56.5 Å². The van der Waals surface area contributed by atoms with Gasteiger partial charge in [0, 0.05) is 5.39 Å². The summed E-state index contributed by atoms with van der Waals surface area (Å²) >= 11 is 0. The maximum atomic E-state index is 11.6. The van der Waals surface area contributed by atoms with Crippen molar-refractivity contribution in [2.45, 2.75) is 13.8 Å². The van der Waals surface area contributed by atoms with Crippen molar-refractivity contribution in [3.63, 3.8) is 0 Å². The lowest BCUT2D eigenvalue weighted by Crippen LogP contribution is -2.16. The fourth-order valence-electron chi connectivity index (χ4n) is 1.57. The van der Waals surface area contributed by atoms with Gasteiger partial charge in [0.25, 0.3) is 0 Å². The molecule has 1 heterocycles. The van der Waals surface area contributed by atoms with E-state index < -0.39 is 11.8 Å². The fraction of sp³-hybridized carbons (Fsp3) is 0.231. The first-order valence-corrected chi connectivity index (χ1v) is 5.33. The number of benzene rings is 1. The first-order chi connectivity index (χ1) is 8.11. The highest BCUT2D eigenvalue weighted by atomic mass is 16.5. The Balaban J connectivity index is 2.36. The minimum Gasteiger partial charge on any atom is -0.460 e. The highest BCUT2D eigenvalue weighted by molar-refractivity contribution is 6.40. The summed E-state index contributed by atoms with van der Waals surface area (Å²) in [5.74, 6) is -1.62. The Morgan fingerprint density at radius 1 is 1.29 bits per heavy atom. The van der Waals surface area contributed by atoms with Crippen LogP contribution in [0.5, 0.6) is 0 Å². The molecule has 0 amide bonds. The Labute approximate surface area is 98.2 Å². The summed E-state index contributed by atoms with van der Waals surface area (Å²) < 4.78 is 9.93. The number of ether oxygens (including phenoxy) is 1. The predicted molar refractivity (Wildman–Crippen MR) is 61.9 cm³/mol. The molecule has 0 N–H and O–H groups in total. The van der Waals surface area contributed by atoms with Crippen LogP contribution in [0.15, 0.2) is 28.7 Å². The quantitative estimate of drug-likeness (QED) is 0.463. The second kappa shape index (κ2) is 4.41. The Kier molecular flexibility index (Phi) is 2.95. The van der Waals surface area contributed by atoms with Gasteiger partial charge in [0.2, 0.25) is 0 Å². The molecule has 0 radical (unpaired) electrons. The SMILES string of the molecule is CCOC(=O)C(=O)c1cc2cc(C)ccc2o1. The predicted octanol–water partition coefficient (Wildman–Crippen LogP) is 2.49. The number of fused-ring (bicyclic) bond motifs is 1. The van der Waals surface area contributed by atoms with Crippen molar-refractivity contribution in [1.82, 2.24) is 0 Å². The van der Waals surface area contributed by atoms with Crippen LogP contribution >= 0.6 is 0 Å². The molecule has 2 rings (SSSR count). The van der Waals surface area contributed by atoms with Gasteiger partial charge in [-0.2, -0.15) is 0 Å². The van der Waals surface area contributed by atoms with Crippen molar-refractivity contribution in [1.29, 1.82) is 0 Å². The largest absolute Gasteiger partial charge is 0.460 e. The maximum absolute atomic E-state index is 11.6. The molecule has 1 aromatic heterocycles. The lowest BCUT2D eigenvalue weighted by atomic mass is 10.2. The van der Waals surface area contributed by atoms with E-state index in [0.29, 0.717) is 5.58 Å². The van der Waals surface area contributed by atoms with E-state index in [1.807, 2.05) is 19.1 Å². The van der Waals surface area contributed by atoms with Crippen LogP contribution < -0.4 is 0 Å². The van der Waals surface area contributed by atoms with Gasteiger partial charge in [-0.3, -0.25) is 4.79 Å². The molecule has 0 bridgehead atoms. The highest BCUT2D eigenvalue weighted by Crippen LogP contribution is 2.21. The summed E-state index contributed by atoms with van der Waals surface area (Å²) in [7, 11) is 0. The molecule has 88 valence electrons. The number of carbonyl (C=O) groups is 2. The van der Waals surface area contributed by atoms with E-state index in [-0.39, 0.29) is 12.4 Å². The Morgan fingerprint density at radius 2 is 2.06 bits per heavy atom. The second-order valence-electron chi connectivity index (χ2n) is 3.70. The summed E-state index contributed by atoms with van der Waals surface area (Å²) in [4.78, 5) is 22.9. The van der Waals surface area contributed by atoms with Crippen LogP contribution in [0, 0.1) is 6.92 Å². The van der Waals surface area contributed by atoms with Crippen LogP contribution in [0.1, 0.15) is 23.0 Å². The van der Waals surface area contributed by atoms with E-state index in [4.69, 9.17) is 4.42 Å². The van der Waals surface area contributed by atoms with Crippen LogP contribution in [0.2, 0.25) is 0 Å². The summed E-state index contributed by atoms with van der Waals surface area (Å²) in [6.45, 7) is 3.76. The molecule has 1 aromatic carbocycles. The second-order valence-corrected chi connectivity index (χ2v) is 3.70. The Bertz CT molecular complexity index is 580. The minimum atomic E-state index is -0.886. The third-order valence-electron chi connectivity index (χ3n) is 2.36. The number of hydrogen-bond donors (Lipinski definition) is 0. The molecule has 0 aliphatic rings. The van der Waals surface area contributed by atoms with Gasteiger partial charge in [0.15, 0.2) is 5.76 Å². The van der Waals surface area contributed by atoms with Gasteiger partial charge in [-0.05, 0) is 32.0 Å². The molecule has 17 heavy (non-hydrogen) atoms. The molecule has 4 heteroatoms. The molecular formula is C13H12O4. The van der Waals surface area contributed by atoms with Crippen molar-refractivity contribution in [3.8, 4) is 0 Å². The van der Waals surface area contributed by atoms with Crippen molar-refractivity contribution >= 4 is 22.7 Å². The van der Waals surface area contributed by atoms with E-state index in [9.17, 15) is 9.59 Å². The third kappa shape index (κ3) is 2.20. The molecule has 0 saturated heterocycles. The van der Waals surface area contributed by atoms with E-state index in [1.165, 1.54) is 0 Å². The monoisotopic (exact) mass is 232 g/mol. The van der Waals surface area contributed by atoms with Crippen molar-refractivity contribution < 1.29 is 18.7 Å². The van der Waals surface area contributed by atoms with Crippen LogP contribution in [0.4, 0.5) is 0 Å². The smallest absolute Gasteiger partial charge is 0.383 e. The van der Waals surface area contributed by atoms with Gasteiger partial charge >= 0.3 is 11.8 Å². The summed E-state index contributed by atoms with van der Waals surface area (Å²) in [6.07, 6.45) is 0. The fourth-order valence-corrected chi connectivity index (χ4v) is 1.57. The number of aryl methyl sites for hydroxylation is 1. The summed E-state index contributed by atoms with van der Waals surface area (Å²) in [5.41, 5.74) is 1.65. The van der Waals surface area contributed by atoms with E-state index >= 15 is 0 Å². The van der Waals surface area contributed by atoms with E-state index in [2.05, 4.69) is 4.74 Å². The van der Waals surface area contributed by atoms with Gasteiger partial charge < -0.3 is 9.15 Å². The average Bonchev–Trinajstić information content (AvgIpc) is 2.71. The molecule has 0 aliphatic heterocycles. The Hall–Kier alpha value is -2.10. The number of hydrogen-bond acceptors (Lipinski definition) is 4. The summed E-state index contributed by atoms with van der Waals surface area (Å²) in [6, 6.07) is 7.10. The minimum absolute atomic E-state index is 0.0176. The number of ketones is 1. The number of esters is 1. The van der Waals surface area contributed by atoms with Crippen LogP contribution in [-0.2, 0) is 9.53 Å². The maximum Gasteiger partial charge on any atom is 0.383 e. The van der Waals surface area contributed by atoms with Crippen LogP contribution in [-0.4, -0.2) is 18.4 Å². The molecule has 0 unspecified atom stereocenters. The third-order valence-corrected chi connectivity index (χ3v) is 2.36. The standard InChI is InChI=1S/C13H12O4/c1-3-16-13(15)12(14)11-7-9-6-8(2)4-5-10(9)17-11/h4-7H,3H2,1-2H3. The van der Waals surface area contributed by atoms with Crippen LogP contribution in [0.25, 0.3) is 11.0 Å². The number of furan rings is 1. The molecule has 0 saturated carbocycles. The van der Waals surface area contributed by atoms with E-state index in [0.717, 1.165) is 10.9 Å². The van der Waals surface area contributed by atoms with Crippen molar-refractivity contribution in [2.75, 3.05) is 6.61 Å². The molecule has 0 atom stereocenters. The summed E-state index contributed by atoms with van der Waals surface area (Å²) in [5, 5.41) is 0.803. The first-order valence-electron chi connectivity index (χ1n) is 5.33. The van der Waals surface area contributed by atoms with Gasteiger partial charge in [-0.25, -0.2) is 4.79 Å². The number of rotatable bonds is 3. The van der Waals surface area contributed by atoms with Gasteiger partial charge in [-0.15, -0.1) is 0 Å². The zero-order valence-electron chi connectivity index (χ0n) is 9.65. The van der Waals surface area contributed by atoms with Gasteiger partial charge in [0.05, 0.1) is 6.61 Å². The molecule has 4 nitrogen and oxygen atoms in total. The van der Waals surface area contributed by atoms with Gasteiger partial charge in [0.1, 0.15) is 5.58 Å².